The Kier molecular flexibility index (Phi) is 4.22. The SMILES string of the molecule is CCOC(=O)c1c(C)nn2c1ncc1c(=O)n(-c3cccc(C)c3C)ccc12. The number of pyridine rings is 1. The van der Waals surface area contributed by atoms with E-state index in [9.17, 15) is 9.59 Å². The average molecular weight is 376 g/mol. The molecule has 0 spiro atoms. The fourth-order valence-corrected chi connectivity index (χ4v) is 3.40. The fourth-order valence-electron chi connectivity index (χ4n) is 3.40. The largest absolute Gasteiger partial charge is 0.462 e. The Bertz CT molecular complexity index is 1300. The molecule has 0 atom stereocenters. The van der Waals surface area contributed by atoms with E-state index in [1.54, 1.807) is 24.6 Å². The second kappa shape index (κ2) is 6.60. The van der Waals surface area contributed by atoms with Gasteiger partial charge in [0, 0.05) is 12.4 Å². The maximum absolute atomic E-state index is 13.2. The Hall–Kier alpha value is -3.48. The summed E-state index contributed by atoms with van der Waals surface area (Å²) in [6.07, 6.45) is 3.23. The number of aromatic nitrogens is 4. The van der Waals surface area contributed by atoms with Crippen LogP contribution in [0, 0.1) is 20.8 Å². The van der Waals surface area contributed by atoms with Gasteiger partial charge in [0.25, 0.3) is 5.56 Å². The number of aryl methyl sites for hydroxylation is 2. The van der Waals surface area contributed by atoms with Gasteiger partial charge >= 0.3 is 5.97 Å². The molecule has 1 aromatic carbocycles. The molecule has 7 nitrogen and oxygen atoms in total. The molecule has 0 saturated heterocycles. The molecule has 0 radical (unpaired) electrons. The molecule has 0 aliphatic heterocycles. The summed E-state index contributed by atoms with van der Waals surface area (Å²) in [4.78, 5) is 29.8. The Labute approximate surface area is 161 Å². The first-order valence-corrected chi connectivity index (χ1v) is 9.07. The summed E-state index contributed by atoms with van der Waals surface area (Å²) in [5.74, 6) is -0.467. The highest BCUT2D eigenvalue weighted by molar-refractivity contribution is 5.98. The van der Waals surface area contributed by atoms with E-state index in [0.717, 1.165) is 16.8 Å². The Balaban J connectivity index is 1.99. The molecule has 0 saturated carbocycles. The van der Waals surface area contributed by atoms with Gasteiger partial charge in [0.15, 0.2) is 5.65 Å². The molecule has 0 aliphatic carbocycles. The van der Waals surface area contributed by atoms with Crippen molar-refractivity contribution in [2.24, 2.45) is 0 Å². The Morgan fingerprint density at radius 1 is 1.18 bits per heavy atom. The number of carbonyl (C=O) groups is 1. The number of rotatable bonds is 3. The smallest absolute Gasteiger partial charge is 0.343 e. The van der Waals surface area contributed by atoms with Crippen LogP contribution < -0.4 is 5.56 Å². The van der Waals surface area contributed by atoms with Crippen molar-refractivity contribution in [1.82, 2.24) is 19.2 Å². The first-order valence-electron chi connectivity index (χ1n) is 9.07. The van der Waals surface area contributed by atoms with E-state index in [1.807, 2.05) is 38.1 Å². The van der Waals surface area contributed by atoms with Gasteiger partial charge in [-0.15, -0.1) is 0 Å². The highest BCUT2D eigenvalue weighted by Crippen LogP contribution is 2.21. The van der Waals surface area contributed by atoms with Gasteiger partial charge in [0.05, 0.1) is 28.9 Å². The van der Waals surface area contributed by atoms with Crippen LogP contribution in [0.1, 0.15) is 34.1 Å². The topological polar surface area (TPSA) is 78.5 Å². The van der Waals surface area contributed by atoms with Gasteiger partial charge in [-0.25, -0.2) is 14.3 Å². The molecular formula is C21H20N4O3. The van der Waals surface area contributed by atoms with Crippen LogP contribution in [0.3, 0.4) is 0 Å². The van der Waals surface area contributed by atoms with Crippen molar-refractivity contribution < 1.29 is 9.53 Å². The highest BCUT2D eigenvalue weighted by atomic mass is 16.5. The van der Waals surface area contributed by atoms with Crippen molar-refractivity contribution in [2.45, 2.75) is 27.7 Å². The van der Waals surface area contributed by atoms with Crippen LogP contribution in [0.4, 0.5) is 0 Å². The molecule has 0 unspecified atom stereocenters. The fraction of sp³-hybridized carbons (Fsp3) is 0.238. The summed E-state index contributed by atoms with van der Waals surface area (Å²) in [6, 6.07) is 7.67. The molecule has 142 valence electrons. The van der Waals surface area contributed by atoms with Crippen LogP contribution in [-0.2, 0) is 4.74 Å². The molecule has 3 aromatic heterocycles. The zero-order valence-electron chi connectivity index (χ0n) is 16.2. The van der Waals surface area contributed by atoms with E-state index in [-0.39, 0.29) is 12.2 Å². The molecule has 0 amide bonds. The maximum atomic E-state index is 13.2. The maximum Gasteiger partial charge on any atom is 0.343 e. The molecule has 28 heavy (non-hydrogen) atoms. The van der Waals surface area contributed by atoms with Gasteiger partial charge in [-0.2, -0.15) is 5.10 Å². The van der Waals surface area contributed by atoms with Crippen molar-refractivity contribution >= 4 is 22.5 Å². The van der Waals surface area contributed by atoms with E-state index in [0.29, 0.717) is 27.8 Å². The number of benzene rings is 1. The zero-order chi connectivity index (χ0) is 20.0. The lowest BCUT2D eigenvalue weighted by Crippen LogP contribution is -2.20. The average Bonchev–Trinajstić information content (AvgIpc) is 3.01. The van der Waals surface area contributed by atoms with Gasteiger partial charge in [0.1, 0.15) is 5.56 Å². The van der Waals surface area contributed by atoms with Crippen LogP contribution in [-0.4, -0.2) is 31.7 Å². The number of ether oxygens (including phenoxy) is 1. The van der Waals surface area contributed by atoms with Gasteiger partial charge in [-0.05, 0) is 51.0 Å². The summed E-state index contributed by atoms with van der Waals surface area (Å²) in [7, 11) is 0. The van der Waals surface area contributed by atoms with E-state index in [1.165, 1.54) is 10.7 Å². The summed E-state index contributed by atoms with van der Waals surface area (Å²) in [6.45, 7) is 7.75. The van der Waals surface area contributed by atoms with E-state index in [2.05, 4.69) is 10.1 Å². The second-order valence-corrected chi connectivity index (χ2v) is 6.68. The molecule has 0 N–H and O–H groups in total. The number of carbonyl (C=O) groups excluding carboxylic acids is 1. The third-order valence-corrected chi connectivity index (χ3v) is 5.00. The van der Waals surface area contributed by atoms with Crippen molar-refractivity contribution in [3.8, 4) is 5.69 Å². The third kappa shape index (κ3) is 2.58. The summed E-state index contributed by atoms with van der Waals surface area (Å²) in [5.41, 5.74) is 4.60. The number of nitrogens with zero attached hydrogens (tertiary/aromatic N) is 4. The van der Waals surface area contributed by atoms with Crippen LogP contribution >= 0.6 is 0 Å². The molecule has 0 aliphatic rings. The lowest BCUT2D eigenvalue weighted by Gasteiger charge is -2.12. The molecule has 4 aromatic rings. The normalized spacial score (nSPS) is 11.3. The van der Waals surface area contributed by atoms with Gasteiger partial charge < -0.3 is 4.74 Å². The quantitative estimate of drug-likeness (QED) is 0.513. The van der Waals surface area contributed by atoms with Crippen molar-refractivity contribution in [3.05, 3.63) is 69.4 Å². The molecule has 0 fully saturated rings. The van der Waals surface area contributed by atoms with Crippen molar-refractivity contribution in [3.63, 3.8) is 0 Å². The number of fused-ring (bicyclic) bond motifs is 3. The first kappa shape index (κ1) is 17.9. The monoisotopic (exact) mass is 376 g/mol. The Morgan fingerprint density at radius 2 is 1.96 bits per heavy atom. The van der Waals surface area contributed by atoms with Crippen LogP contribution in [0.5, 0.6) is 0 Å². The van der Waals surface area contributed by atoms with Crippen LogP contribution in [0.25, 0.3) is 22.2 Å². The summed E-state index contributed by atoms with van der Waals surface area (Å²) < 4.78 is 8.26. The summed E-state index contributed by atoms with van der Waals surface area (Å²) >= 11 is 0. The molecule has 4 rings (SSSR count). The predicted molar refractivity (Wildman–Crippen MR) is 106 cm³/mol. The van der Waals surface area contributed by atoms with Crippen molar-refractivity contribution in [1.29, 1.82) is 0 Å². The van der Waals surface area contributed by atoms with E-state index < -0.39 is 5.97 Å². The number of hydrogen-bond acceptors (Lipinski definition) is 5. The Morgan fingerprint density at radius 3 is 2.71 bits per heavy atom. The second-order valence-electron chi connectivity index (χ2n) is 6.68. The van der Waals surface area contributed by atoms with Crippen molar-refractivity contribution in [2.75, 3.05) is 6.61 Å². The standard InChI is InChI=1S/C21H20N4O3/c1-5-28-21(27)18-14(4)23-25-17-9-10-24(16-8-6-7-12(2)13(16)3)20(26)15(17)11-22-19(18)25/h6-11H,5H2,1-4H3. The minimum atomic E-state index is -0.467. The molecule has 0 bridgehead atoms. The molecule has 7 heteroatoms. The van der Waals surface area contributed by atoms with Gasteiger partial charge in [-0.3, -0.25) is 9.36 Å². The van der Waals surface area contributed by atoms with Gasteiger partial charge in [0.2, 0.25) is 0 Å². The number of esters is 1. The lowest BCUT2D eigenvalue weighted by molar-refractivity contribution is 0.0527. The van der Waals surface area contributed by atoms with E-state index >= 15 is 0 Å². The third-order valence-electron chi connectivity index (χ3n) is 5.00. The van der Waals surface area contributed by atoms with E-state index in [4.69, 9.17) is 4.74 Å². The lowest BCUT2D eigenvalue weighted by atomic mass is 10.1. The first-order chi connectivity index (χ1) is 13.4. The zero-order valence-corrected chi connectivity index (χ0v) is 16.2. The minimum Gasteiger partial charge on any atom is -0.462 e. The molecule has 3 heterocycles. The minimum absolute atomic E-state index is 0.188. The highest BCUT2D eigenvalue weighted by Gasteiger charge is 2.21. The molecular weight excluding hydrogens is 356 g/mol. The van der Waals surface area contributed by atoms with Crippen LogP contribution in [0.15, 0.2) is 41.5 Å². The predicted octanol–water partition coefficient (Wildman–Crippen LogP) is 3.14. The summed E-state index contributed by atoms with van der Waals surface area (Å²) in [5, 5.41) is 4.85. The van der Waals surface area contributed by atoms with Crippen LogP contribution in [0.2, 0.25) is 0 Å². The number of hydrogen-bond donors (Lipinski definition) is 0. The van der Waals surface area contributed by atoms with Gasteiger partial charge in [-0.1, -0.05) is 12.1 Å².